The van der Waals surface area contributed by atoms with Crippen LogP contribution in [-0.4, -0.2) is 56.1 Å². The van der Waals surface area contributed by atoms with Gasteiger partial charge in [-0.25, -0.2) is 13.2 Å². The molecule has 1 fully saturated rings. The summed E-state index contributed by atoms with van der Waals surface area (Å²) in [6.07, 6.45) is -4.85. The lowest BCUT2D eigenvalue weighted by Crippen LogP contribution is -2.34. The summed E-state index contributed by atoms with van der Waals surface area (Å²) in [6, 6.07) is 1.07. The molecule has 7 nitrogen and oxygen atoms in total. The van der Waals surface area contributed by atoms with Crippen molar-refractivity contribution in [2.45, 2.75) is 11.1 Å². The Balaban J connectivity index is 2.40. The van der Waals surface area contributed by atoms with Crippen molar-refractivity contribution >= 4 is 33.3 Å². The van der Waals surface area contributed by atoms with Gasteiger partial charge < -0.3 is 9.84 Å². The fourth-order valence-corrected chi connectivity index (χ4v) is 5.23. The van der Waals surface area contributed by atoms with E-state index >= 15 is 0 Å². The Labute approximate surface area is 138 Å². The zero-order valence-corrected chi connectivity index (χ0v) is 13.7. The molecule has 1 aromatic rings. The van der Waals surface area contributed by atoms with E-state index in [1.807, 2.05) is 0 Å². The van der Waals surface area contributed by atoms with E-state index in [1.165, 1.54) is 5.38 Å². The molecule has 1 aliphatic heterocycles. The molecule has 2 atom stereocenters. The minimum atomic E-state index is -4.85. The Bertz CT molecular complexity index is 757. The number of ether oxygens (including phenoxy) is 1. The molecule has 0 aliphatic carbocycles. The number of halogens is 3. The van der Waals surface area contributed by atoms with Crippen molar-refractivity contribution in [3.05, 3.63) is 16.3 Å². The van der Waals surface area contributed by atoms with Crippen molar-refractivity contribution in [1.82, 2.24) is 4.31 Å². The van der Waals surface area contributed by atoms with Gasteiger partial charge >= 0.3 is 18.1 Å². The van der Waals surface area contributed by atoms with Crippen molar-refractivity contribution in [1.29, 1.82) is 0 Å². The van der Waals surface area contributed by atoms with Crippen LogP contribution >= 0.6 is 11.3 Å². The van der Waals surface area contributed by atoms with Crippen molar-refractivity contribution in [2.75, 3.05) is 20.2 Å². The molecule has 0 spiro atoms. The fourth-order valence-electron chi connectivity index (χ4n) is 2.43. The summed E-state index contributed by atoms with van der Waals surface area (Å²) in [5.41, 5.74) is 0. The van der Waals surface area contributed by atoms with Gasteiger partial charge in [0.1, 0.15) is 9.77 Å². The van der Waals surface area contributed by atoms with Gasteiger partial charge in [0.05, 0.1) is 18.9 Å². The second-order valence-corrected chi connectivity index (χ2v) is 7.84. The maximum Gasteiger partial charge on any atom is 0.393 e. The molecule has 1 aliphatic rings. The average Bonchev–Trinajstić information content (AvgIpc) is 3.12. The molecule has 1 aromatic heterocycles. The van der Waals surface area contributed by atoms with E-state index in [1.54, 1.807) is 0 Å². The molecule has 0 amide bonds. The van der Waals surface area contributed by atoms with Crippen molar-refractivity contribution < 1.29 is 41.0 Å². The van der Waals surface area contributed by atoms with Gasteiger partial charge in [0.15, 0.2) is 0 Å². The van der Waals surface area contributed by atoms with E-state index in [0.29, 0.717) is 4.31 Å². The topological polar surface area (TPSA) is 101 Å². The highest BCUT2D eigenvalue weighted by molar-refractivity contribution is 7.89. The van der Waals surface area contributed by atoms with E-state index in [0.717, 1.165) is 24.5 Å². The van der Waals surface area contributed by atoms with Crippen LogP contribution in [0.4, 0.5) is 13.2 Å². The van der Waals surface area contributed by atoms with Crippen molar-refractivity contribution in [2.24, 2.45) is 11.8 Å². The van der Waals surface area contributed by atoms with Gasteiger partial charge in [-0.3, -0.25) is 4.79 Å². The SMILES string of the molecule is COC(=O)c1sccc1S(=O)(=O)N1C[C@@H](C(F)(F)F)[C@H](C(=O)O)C1. The van der Waals surface area contributed by atoms with Gasteiger partial charge in [0.25, 0.3) is 0 Å². The number of hydrogen-bond donors (Lipinski definition) is 1. The van der Waals surface area contributed by atoms with Gasteiger partial charge in [0.2, 0.25) is 10.0 Å². The highest BCUT2D eigenvalue weighted by atomic mass is 32.2. The quantitative estimate of drug-likeness (QED) is 0.784. The number of rotatable bonds is 4. The Morgan fingerprint density at radius 2 is 2.00 bits per heavy atom. The minimum absolute atomic E-state index is 0.278. The number of hydrogen-bond acceptors (Lipinski definition) is 6. The zero-order chi connectivity index (χ0) is 18.3. The molecular weight excluding hydrogens is 375 g/mol. The molecular formula is C12H12F3NO6S2. The fraction of sp³-hybridized carbons (Fsp3) is 0.500. The molecule has 134 valence electrons. The monoisotopic (exact) mass is 387 g/mol. The van der Waals surface area contributed by atoms with Gasteiger partial charge in [-0.05, 0) is 11.4 Å². The predicted octanol–water partition coefficient (Wildman–Crippen LogP) is 1.42. The highest BCUT2D eigenvalue weighted by Gasteiger charge is 2.55. The number of carbonyl (C=O) groups is 2. The molecule has 0 unspecified atom stereocenters. The first-order valence-corrected chi connectivity index (χ1v) is 8.77. The summed E-state index contributed by atoms with van der Waals surface area (Å²) >= 11 is 0.762. The first-order chi connectivity index (χ1) is 11.0. The minimum Gasteiger partial charge on any atom is -0.481 e. The molecule has 0 aromatic carbocycles. The molecule has 12 heteroatoms. The van der Waals surface area contributed by atoms with E-state index in [4.69, 9.17) is 5.11 Å². The maximum atomic E-state index is 13.0. The van der Waals surface area contributed by atoms with E-state index in [9.17, 15) is 31.2 Å². The third kappa shape index (κ3) is 3.26. The largest absolute Gasteiger partial charge is 0.481 e. The third-order valence-electron chi connectivity index (χ3n) is 3.64. The lowest BCUT2D eigenvalue weighted by molar-refractivity contribution is -0.187. The van der Waals surface area contributed by atoms with Gasteiger partial charge in [-0.2, -0.15) is 17.5 Å². The number of carboxylic acids is 1. The van der Waals surface area contributed by atoms with Crippen LogP contribution in [0.2, 0.25) is 0 Å². The van der Waals surface area contributed by atoms with Crippen LogP contribution < -0.4 is 0 Å². The lowest BCUT2D eigenvalue weighted by atomic mass is 9.96. The van der Waals surface area contributed by atoms with E-state index in [2.05, 4.69) is 4.74 Å². The predicted molar refractivity (Wildman–Crippen MR) is 75.1 cm³/mol. The third-order valence-corrected chi connectivity index (χ3v) is 6.54. The Hall–Kier alpha value is -1.66. The van der Waals surface area contributed by atoms with Crippen LogP contribution in [0, 0.1) is 11.8 Å². The van der Waals surface area contributed by atoms with Crippen LogP contribution in [-0.2, 0) is 19.6 Å². The van der Waals surface area contributed by atoms with Crippen LogP contribution in [0.5, 0.6) is 0 Å². The molecule has 0 bridgehead atoms. The molecule has 0 saturated carbocycles. The summed E-state index contributed by atoms with van der Waals surface area (Å²) in [5, 5.41) is 10.2. The molecule has 2 rings (SSSR count). The van der Waals surface area contributed by atoms with Crippen molar-refractivity contribution in [3.8, 4) is 0 Å². The van der Waals surface area contributed by atoms with Gasteiger partial charge in [-0.15, -0.1) is 11.3 Å². The van der Waals surface area contributed by atoms with Crippen molar-refractivity contribution in [3.63, 3.8) is 0 Å². The highest BCUT2D eigenvalue weighted by Crippen LogP contribution is 2.40. The van der Waals surface area contributed by atoms with E-state index in [-0.39, 0.29) is 4.88 Å². The molecule has 1 N–H and O–H groups in total. The number of methoxy groups -OCH3 is 1. The summed E-state index contributed by atoms with van der Waals surface area (Å²) in [4.78, 5) is 21.9. The molecule has 1 saturated heterocycles. The Morgan fingerprint density at radius 1 is 1.38 bits per heavy atom. The summed E-state index contributed by atoms with van der Waals surface area (Å²) in [5.74, 6) is -6.89. The number of carboxylic acid groups (broad SMARTS) is 1. The van der Waals surface area contributed by atoms with Crippen LogP contribution in [0.15, 0.2) is 16.3 Å². The normalized spacial score (nSPS) is 22.5. The summed E-state index contributed by atoms with van der Waals surface area (Å²) in [7, 11) is -3.43. The second kappa shape index (κ2) is 6.33. The molecule has 2 heterocycles. The van der Waals surface area contributed by atoms with Crippen LogP contribution in [0.3, 0.4) is 0 Å². The van der Waals surface area contributed by atoms with Gasteiger partial charge in [0, 0.05) is 13.1 Å². The number of carbonyl (C=O) groups excluding carboxylic acids is 1. The smallest absolute Gasteiger partial charge is 0.393 e. The second-order valence-electron chi connectivity index (χ2n) is 5.02. The van der Waals surface area contributed by atoms with Crippen LogP contribution in [0.25, 0.3) is 0 Å². The zero-order valence-electron chi connectivity index (χ0n) is 12.1. The average molecular weight is 387 g/mol. The van der Waals surface area contributed by atoms with E-state index < -0.39 is 58.0 Å². The standard InChI is InChI=1S/C12H12F3NO6S2/c1-22-11(19)9-8(2-3-23-9)24(20,21)16-4-6(10(17)18)7(5-16)12(13,14)15/h2-3,6-7H,4-5H2,1H3,(H,17,18)/t6-,7-/m1/s1. The number of esters is 1. The van der Waals surface area contributed by atoms with Crippen LogP contribution in [0.1, 0.15) is 9.67 Å². The number of alkyl halides is 3. The Morgan fingerprint density at radius 3 is 2.46 bits per heavy atom. The maximum absolute atomic E-state index is 13.0. The first kappa shape index (κ1) is 18.7. The molecule has 24 heavy (non-hydrogen) atoms. The lowest BCUT2D eigenvalue weighted by Gasteiger charge is -2.18. The number of thiophene rings is 1. The summed E-state index contributed by atoms with van der Waals surface area (Å²) < 4.78 is 68.9. The number of aliphatic carboxylic acids is 1. The Kier molecular flexibility index (Phi) is 4.93. The summed E-state index contributed by atoms with van der Waals surface area (Å²) in [6.45, 7) is -1.84. The number of sulfonamides is 1. The van der Waals surface area contributed by atoms with Gasteiger partial charge in [-0.1, -0.05) is 0 Å². The molecule has 0 radical (unpaired) electrons. The number of nitrogens with zero attached hydrogens (tertiary/aromatic N) is 1. The first-order valence-electron chi connectivity index (χ1n) is 6.45.